The summed E-state index contributed by atoms with van der Waals surface area (Å²) in [5.41, 5.74) is 0.788. The number of amides is 2. The van der Waals surface area contributed by atoms with E-state index in [0.29, 0.717) is 16.2 Å². The van der Waals surface area contributed by atoms with Gasteiger partial charge in [-0.3, -0.25) is 19.0 Å². The molecule has 4 aromatic rings. The molecule has 2 aromatic carbocycles. The Morgan fingerprint density at radius 1 is 1.09 bits per heavy atom. The van der Waals surface area contributed by atoms with E-state index in [4.69, 9.17) is 11.6 Å². The van der Waals surface area contributed by atoms with Gasteiger partial charge in [0.05, 0.1) is 10.9 Å². The minimum atomic E-state index is -0.590. The molecule has 0 saturated carbocycles. The van der Waals surface area contributed by atoms with Crippen molar-refractivity contribution >= 4 is 45.8 Å². The number of halogens is 1. The fraction of sp³-hybridized carbons (Fsp3) is 0.292. The Morgan fingerprint density at radius 3 is 2.54 bits per heavy atom. The van der Waals surface area contributed by atoms with E-state index >= 15 is 0 Å². The zero-order chi connectivity index (χ0) is 25.3. The molecule has 4 rings (SSSR count). The number of nitrogens with one attached hydrogen (secondary N) is 2. The number of nitrogens with zero attached hydrogens (tertiary/aromatic N) is 4. The predicted molar refractivity (Wildman–Crippen MR) is 134 cm³/mol. The van der Waals surface area contributed by atoms with Crippen molar-refractivity contribution < 1.29 is 9.59 Å². The van der Waals surface area contributed by atoms with Crippen LogP contribution < -0.4 is 21.9 Å². The summed E-state index contributed by atoms with van der Waals surface area (Å²) < 4.78 is 3.52. The molecule has 35 heavy (non-hydrogen) atoms. The van der Waals surface area contributed by atoms with E-state index < -0.39 is 17.2 Å². The van der Waals surface area contributed by atoms with Crippen molar-refractivity contribution in [2.24, 2.45) is 0 Å². The number of benzene rings is 2. The number of aromatic nitrogens is 4. The van der Waals surface area contributed by atoms with Crippen molar-refractivity contribution in [3.8, 4) is 0 Å². The van der Waals surface area contributed by atoms with Gasteiger partial charge in [0.2, 0.25) is 17.6 Å². The highest BCUT2D eigenvalue weighted by Crippen LogP contribution is 2.17. The van der Waals surface area contributed by atoms with Crippen molar-refractivity contribution in [3.05, 3.63) is 73.9 Å². The number of rotatable bonds is 7. The summed E-state index contributed by atoms with van der Waals surface area (Å²) in [6.07, 6.45) is 0.00857. The van der Waals surface area contributed by atoms with Crippen LogP contribution >= 0.6 is 11.6 Å². The van der Waals surface area contributed by atoms with Gasteiger partial charge < -0.3 is 10.6 Å². The minimum absolute atomic E-state index is 0.00476. The van der Waals surface area contributed by atoms with Crippen molar-refractivity contribution in [1.29, 1.82) is 0 Å². The highest BCUT2D eigenvalue weighted by molar-refractivity contribution is 6.31. The second-order valence-electron chi connectivity index (χ2n) is 8.53. The van der Waals surface area contributed by atoms with E-state index in [1.54, 1.807) is 24.3 Å². The maximum atomic E-state index is 13.3. The van der Waals surface area contributed by atoms with Gasteiger partial charge in [-0.25, -0.2) is 13.9 Å². The molecule has 0 radical (unpaired) electrons. The molecule has 0 aliphatic rings. The Hall–Kier alpha value is -3.92. The molecule has 0 aliphatic carbocycles. The average Bonchev–Trinajstić information content (AvgIpc) is 3.10. The van der Waals surface area contributed by atoms with Crippen LogP contribution in [0, 0.1) is 6.92 Å². The van der Waals surface area contributed by atoms with Crippen molar-refractivity contribution in [2.75, 3.05) is 5.32 Å². The number of anilines is 1. The molecule has 0 bridgehead atoms. The summed E-state index contributed by atoms with van der Waals surface area (Å²) in [6.45, 7) is 5.17. The monoisotopic (exact) mass is 496 g/mol. The lowest BCUT2D eigenvalue weighted by molar-refractivity contribution is -0.121. The summed E-state index contributed by atoms with van der Waals surface area (Å²) in [5.74, 6) is -0.645. The summed E-state index contributed by atoms with van der Waals surface area (Å²) in [5, 5.41) is 10.4. The van der Waals surface area contributed by atoms with E-state index in [1.165, 1.54) is 15.0 Å². The van der Waals surface area contributed by atoms with Gasteiger partial charge in [0.1, 0.15) is 6.54 Å². The number of hydrogen-bond donors (Lipinski definition) is 2. The van der Waals surface area contributed by atoms with Crippen LogP contribution in [0.4, 0.5) is 5.69 Å². The van der Waals surface area contributed by atoms with Crippen molar-refractivity contribution in [3.63, 3.8) is 0 Å². The van der Waals surface area contributed by atoms with Gasteiger partial charge in [-0.05, 0) is 50.6 Å². The molecule has 10 nitrogen and oxygen atoms in total. The third-order valence-electron chi connectivity index (χ3n) is 5.46. The largest absolute Gasteiger partial charge is 0.354 e. The van der Waals surface area contributed by atoms with Crippen molar-refractivity contribution in [2.45, 2.75) is 46.3 Å². The Labute approximate surface area is 205 Å². The lowest BCUT2D eigenvalue weighted by Crippen LogP contribution is -2.33. The van der Waals surface area contributed by atoms with Gasteiger partial charge in [0.15, 0.2) is 0 Å². The second kappa shape index (κ2) is 9.75. The first kappa shape index (κ1) is 24.2. The van der Waals surface area contributed by atoms with Crippen LogP contribution in [-0.2, 0) is 22.7 Å². The van der Waals surface area contributed by atoms with Crippen LogP contribution in [0.3, 0.4) is 0 Å². The molecular formula is C24H25ClN6O4. The van der Waals surface area contributed by atoms with Gasteiger partial charge in [0.25, 0.3) is 5.56 Å². The molecule has 2 N–H and O–H groups in total. The van der Waals surface area contributed by atoms with Gasteiger partial charge >= 0.3 is 5.69 Å². The zero-order valence-electron chi connectivity index (χ0n) is 19.5. The SMILES string of the molecule is Cc1ccccc1NC(=O)Cn1nc2n(CCC(=O)NC(C)C)c(=O)c3cc(Cl)ccc3n2c1=O. The third kappa shape index (κ3) is 4.97. The van der Waals surface area contributed by atoms with Crippen LogP contribution in [0.5, 0.6) is 0 Å². The van der Waals surface area contributed by atoms with Gasteiger partial charge in [-0.2, -0.15) is 0 Å². The highest BCUT2D eigenvalue weighted by atomic mass is 35.5. The first-order chi connectivity index (χ1) is 16.7. The van der Waals surface area contributed by atoms with Gasteiger partial charge in [-0.1, -0.05) is 29.8 Å². The van der Waals surface area contributed by atoms with Gasteiger partial charge in [-0.15, -0.1) is 5.10 Å². The lowest BCUT2D eigenvalue weighted by Gasteiger charge is -2.11. The molecule has 0 unspecified atom stereocenters. The Bertz CT molecular complexity index is 1570. The molecule has 2 heterocycles. The van der Waals surface area contributed by atoms with Gasteiger partial charge in [0, 0.05) is 29.7 Å². The number of carbonyl (C=O) groups excluding carboxylic acids is 2. The normalized spacial score (nSPS) is 11.3. The minimum Gasteiger partial charge on any atom is -0.354 e. The predicted octanol–water partition coefficient (Wildman–Crippen LogP) is 2.33. The summed E-state index contributed by atoms with van der Waals surface area (Å²) in [4.78, 5) is 51.5. The zero-order valence-corrected chi connectivity index (χ0v) is 20.3. The number of carbonyl (C=O) groups is 2. The Balaban J connectivity index is 1.77. The average molecular weight is 497 g/mol. The maximum Gasteiger partial charge on any atom is 0.352 e. The van der Waals surface area contributed by atoms with Crippen LogP contribution in [-0.4, -0.2) is 36.6 Å². The molecule has 182 valence electrons. The van der Waals surface area contributed by atoms with E-state index in [-0.39, 0.29) is 42.6 Å². The summed E-state index contributed by atoms with van der Waals surface area (Å²) >= 11 is 6.11. The molecule has 0 atom stereocenters. The van der Waals surface area contributed by atoms with Crippen LogP contribution in [0.2, 0.25) is 5.02 Å². The second-order valence-corrected chi connectivity index (χ2v) is 8.97. The maximum absolute atomic E-state index is 13.3. The molecular weight excluding hydrogens is 472 g/mol. The van der Waals surface area contributed by atoms with Crippen molar-refractivity contribution in [1.82, 2.24) is 24.1 Å². The van der Waals surface area contributed by atoms with Crippen LogP contribution in [0.15, 0.2) is 52.1 Å². The summed E-state index contributed by atoms with van der Waals surface area (Å²) in [7, 11) is 0. The molecule has 11 heteroatoms. The third-order valence-corrected chi connectivity index (χ3v) is 5.70. The standard InChI is InChI=1S/C24H25ClN6O4/c1-14(2)26-20(32)10-11-29-22(34)17-12-16(25)8-9-19(17)31-23(29)28-30(24(31)35)13-21(33)27-18-7-5-4-6-15(18)3/h4-9,12,14H,10-11,13H2,1-3H3,(H,26,32)(H,27,33). The summed E-state index contributed by atoms with van der Waals surface area (Å²) in [6, 6.07) is 11.8. The lowest BCUT2D eigenvalue weighted by atomic mass is 10.2. The molecule has 0 saturated heterocycles. The molecule has 2 aromatic heterocycles. The van der Waals surface area contributed by atoms with E-state index in [0.717, 1.165) is 10.2 Å². The molecule has 0 fully saturated rings. The number of fused-ring (bicyclic) bond motifs is 3. The number of para-hydroxylation sites is 1. The van der Waals surface area contributed by atoms with Crippen LogP contribution in [0.1, 0.15) is 25.8 Å². The first-order valence-electron chi connectivity index (χ1n) is 11.1. The fourth-order valence-corrected chi connectivity index (χ4v) is 4.02. The smallest absolute Gasteiger partial charge is 0.352 e. The van der Waals surface area contributed by atoms with E-state index in [9.17, 15) is 19.2 Å². The molecule has 0 spiro atoms. The van der Waals surface area contributed by atoms with Crippen LogP contribution in [0.25, 0.3) is 16.7 Å². The Kier molecular flexibility index (Phi) is 6.74. The topological polar surface area (TPSA) is 120 Å². The first-order valence-corrected chi connectivity index (χ1v) is 11.5. The van der Waals surface area contributed by atoms with E-state index in [2.05, 4.69) is 15.7 Å². The molecule has 2 amide bonds. The fourth-order valence-electron chi connectivity index (χ4n) is 3.84. The molecule has 0 aliphatic heterocycles. The Morgan fingerprint density at radius 2 is 1.83 bits per heavy atom. The quantitative estimate of drug-likeness (QED) is 0.407. The highest BCUT2D eigenvalue weighted by Gasteiger charge is 2.20. The number of aryl methyl sites for hydroxylation is 2. The number of hydrogen-bond acceptors (Lipinski definition) is 5. The van der Waals surface area contributed by atoms with E-state index in [1.807, 2.05) is 32.9 Å².